The Kier molecular flexibility index (Phi) is 2.83. The maximum Gasteiger partial charge on any atom is 0.0484 e. The number of hydrogen-bond acceptors (Lipinski definition) is 0. The van der Waals surface area contributed by atoms with Crippen molar-refractivity contribution in [3.8, 4) is 11.1 Å². The summed E-state index contributed by atoms with van der Waals surface area (Å²) in [6.45, 7) is 0. The molecule has 0 saturated heterocycles. The van der Waals surface area contributed by atoms with E-state index in [2.05, 4.69) is 42.5 Å². The molecule has 0 saturated carbocycles. The van der Waals surface area contributed by atoms with Gasteiger partial charge in [0.15, 0.2) is 0 Å². The molecular formula is C18H15Cl. The molecule has 0 aromatic heterocycles. The highest BCUT2D eigenvalue weighted by Gasteiger charge is 2.18. The van der Waals surface area contributed by atoms with Crippen molar-refractivity contribution < 1.29 is 0 Å². The maximum atomic E-state index is 6.29. The molecule has 3 aromatic carbocycles. The summed E-state index contributed by atoms with van der Waals surface area (Å²) < 4.78 is 0. The maximum absolute atomic E-state index is 6.29. The van der Waals surface area contributed by atoms with Gasteiger partial charge >= 0.3 is 0 Å². The third kappa shape index (κ3) is 1.75. The van der Waals surface area contributed by atoms with Crippen molar-refractivity contribution >= 4 is 22.4 Å². The molecule has 1 aliphatic carbocycles. The fourth-order valence-electron chi connectivity index (χ4n) is 2.87. The number of benzene rings is 3. The molecule has 0 bridgehead atoms. The second-order valence-corrected chi connectivity index (χ2v) is 5.21. The molecule has 0 radical (unpaired) electrons. The van der Waals surface area contributed by atoms with Crippen molar-refractivity contribution in [3.63, 3.8) is 0 Å². The van der Waals surface area contributed by atoms with E-state index in [1.165, 1.54) is 27.6 Å². The molecule has 0 amide bonds. The first-order chi connectivity index (χ1) is 8.83. The van der Waals surface area contributed by atoms with Crippen LogP contribution in [0.5, 0.6) is 0 Å². The molecule has 94 valence electrons. The van der Waals surface area contributed by atoms with Gasteiger partial charge in [-0.25, -0.2) is 0 Å². The van der Waals surface area contributed by atoms with Gasteiger partial charge in [-0.2, -0.15) is 0 Å². The lowest BCUT2D eigenvalue weighted by Gasteiger charge is -2.05. The Morgan fingerprint density at radius 1 is 0.789 bits per heavy atom. The fraction of sp³-hybridized carbons (Fsp3) is 0.111. The monoisotopic (exact) mass is 266 g/mol. The summed E-state index contributed by atoms with van der Waals surface area (Å²) in [6.07, 6.45) is 1.04. The number of rotatable bonds is 0. The molecule has 19 heavy (non-hydrogen) atoms. The summed E-state index contributed by atoms with van der Waals surface area (Å²) in [4.78, 5) is 0. The summed E-state index contributed by atoms with van der Waals surface area (Å²) in [5.41, 5.74) is 5.52. The van der Waals surface area contributed by atoms with Crippen LogP contribution in [0.2, 0.25) is 5.02 Å². The van der Waals surface area contributed by atoms with Crippen LogP contribution < -0.4 is 0 Å². The van der Waals surface area contributed by atoms with Crippen LogP contribution in [0.4, 0.5) is 0 Å². The van der Waals surface area contributed by atoms with Crippen molar-refractivity contribution in [2.24, 2.45) is 0 Å². The summed E-state index contributed by atoms with van der Waals surface area (Å²) >= 11 is 6.29. The van der Waals surface area contributed by atoms with Crippen molar-refractivity contribution in [3.05, 3.63) is 70.7 Å². The largest absolute Gasteiger partial charge is 0.0837 e. The van der Waals surface area contributed by atoms with Gasteiger partial charge in [-0.3, -0.25) is 0 Å². The van der Waals surface area contributed by atoms with Gasteiger partial charge in [0.05, 0.1) is 0 Å². The van der Waals surface area contributed by atoms with E-state index < -0.39 is 0 Å². The fourth-order valence-corrected chi connectivity index (χ4v) is 3.11. The highest BCUT2D eigenvalue weighted by Crippen LogP contribution is 2.39. The lowest BCUT2D eigenvalue weighted by atomic mass is 10.0. The first-order valence-corrected chi connectivity index (χ1v) is 6.50. The minimum atomic E-state index is 0. The molecular weight excluding hydrogens is 252 g/mol. The molecule has 3 aromatic rings. The SMILES string of the molecule is C.Clc1cccc2cc3c(cc12)-c1ccccc1C3. The quantitative estimate of drug-likeness (QED) is 0.383. The molecule has 0 nitrogen and oxygen atoms in total. The third-order valence-electron chi connectivity index (χ3n) is 3.74. The molecule has 0 spiro atoms. The molecule has 1 heteroatoms. The van der Waals surface area contributed by atoms with E-state index in [4.69, 9.17) is 11.6 Å². The van der Waals surface area contributed by atoms with E-state index in [1.54, 1.807) is 0 Å². The van der Waals surface area contributed by atoms with Gasteiger partial charge in [0.25, 0.3) is 0 Å². The van der Waals surface area contributed by atoms with Crippen molar-refractivity contribution in [2.75, 3.05) is 0 Å². The van der Waals surface area contributed by atoms with Gasteiger partial charge in [-0.05, 0) is 46.2 Å². The van der Waals surface area contributed by atoms with Crippen LogP contribution in [0.1, 0.15) is 18.6 Å². The Morgan fingerprint density at radius 2 is 1.63 bits per heavy atom. The van der Waals surface area contributed by atoms with Crippen LogP contribution in [0.3, 0.4) is 0 Å². The van der Waals surface area contributed by atoms with E-state index in [0.717, 1.165) is 16.8 Å². The van der Waals surface area contributed by atoms with Crippen molar-refractivity contribution in [1.29, 1.82) is 0 Å². The van der Waals surface area contributed by atoms with Gasteiger partial charge in [0, 0.05) is 10.4 Å². The van der Waals surface area contributed by atoms with Gasteiger partial charge in [-0.1, -0.05) is 61.5 Å². The van der Waals surface area contributed by atoms with Gasteiger partial charge < -0.3 is 0 Å². The summed E-state index contributed by atoms with van der Waals surface area (Å²) in [5.74, 6) is 0. The Labute approximate surface area is 118 Å². The average Bonchev–Trinajstić information content (AvgIpc) is 2.75. The molecule has 0 heterocycles. The number of hydrogen-bond donors (Lipinski definition) is 0. The molecule has 4 rings (SSSR count). The van der Waals surface area contributed by atoms with Crippen LogP contribution in [-0.2, 0) is 6.42 Å². The average molecular weight is 267 g/mol. The standard InChI is InChI=1S/C17H11Cl.CH4/c18-17-7-3-5-12-9-13-8-11-4-1-2-6-14(11)15(13)10-16(12)17;/h1-7,9-10H,8H2;1H4. The molecule has 0 fully saturated rings. The molecule has 0 atom stereocenters. The second kappa shape index (κ2) is 4.40. The van der Waals surface area contributed by atoms with Crippen LogP contribution in [-0.4, -0.2) is 0 Å². The number of fused-ring (bicyclic) bond motifs is 4. The van der Waals surface area contributed by atoms with Crippen LogP contribution in [0.25, 0.3) is 21.9 Å². The Bertz CT molecular complexity index is 772. The minimum absolute atomic E-state index is 0. The summed E-state index contributed by atoms with van der Waals surface area (Å²) in [5, 5.41) is 3.21. The Balaban J connectivity index is 0.00000110. The van der Waals surface area contributed by atoms with Gasteiger partial charge in [-0.15, -0.1) is 0 Å². The van der Waals surface area contributed by atoms with Gasteiger partial charge in [0.2, 0.25) is 0 Å². The predicted octanol–water partition coefficient (Wildman–Crippen LogP) is 5.70. The smallest absolute Gasteiger partial charge is 0.0484 e. The van der Waals surface area contributed by atoms with Crippen LogP contribution in [0.15, 0.2) is 54.6 Å². The summed E-state index contributed by atoms with van der Waals surface area (Å²) in [7, 11) is 0. The molecule has 0 N–H and O–H groups in total. The van der Waals surface area contributed by atoms with E-state index in [9.17, 15) is 0 Å². The highest BCUT2D eigenvalue weighted by atomic mass is 35.5. The van der Waals surface area contributed by atoms with Crippen molar-refractivity contribution in [1.82, 2.24) is 0 Å². The highest BCUT2D eigenvalue weighted by molar-refractivity contribution is 6.35. The van der Waals surface area contributed by atoms with Crippen LogP contribution >= 0.6 is 11.6 Å². The minimum Gasteiger partial charge on any atom is -0.0837 e. The van der Waals surface area contributed by atoms with E-state index in [0.29, 0.717) is 0 Å². The zero-order valence-corrected chi connectivity index (χ0v) is 10.5. The van der Waals surface area contributed by atoms with E-state index in [-0.39, 0.29) is 7.43 Å². The predicted molar refractivity (Wildman–Crippen MR) is 83.9 cm³/mol. The Morgan fingerprint density at radius 3 is 2.53 bits per heavy atom. The first kappa shape index (κ1) is 12.3. The van der Waals surface area contributed by atoms with Crippen LogP contribution in [0, 0.1) is 0 Å². The number of halogens is 1. The second-order valence-electron chi connectivity index (χ2n) is 4.80. The van der Waals surface area contributed by atoms with Crippen molar-refractivity contribution in [2.45, 2.75) is 13.8 Å². The lowest BCUT2D eigenvalue weighted by molar-refractivity contribution is 1.27. The molecule has 1 aliphatic rings. The summed E-state index contributed by atoms with van der Waals surface area (Å²) in [6, 6.07) is 19.2. The van der Waals surface area contributed by atoms with Gasteiger partial charge in [0.1, 0.15) is 0 Å². The normalized spacial score (nSPS) is 11.8. The third-order valence-corrected chi connectivity index (χ3v) is 4.07. The zero-order valence-electron chi connectivity index (χ0n) is 9.78. The molecule has 0 aliphatic heterocycles. The lowest BCUT2D eigenvalue weighted by Crippen LogP contribution is -1.82. The zero-order chi connectivity index (χ0) is 12.1. The van der Waals surface area contributed by atoms with E-state index >= 15 is 0 Å². The molecule has 0 unspecified atom stereocenters. The Hall–Kier alpha value is -1.79. The first-order valence-electron chi connectivity index (χ1n) is 6.12. The topological polar surface area (TPSA) is 0 Å². The van der Waals surface area contributed by atoms with E-state index in [1.807, 2.05) is 12.1 Å².